The Kier molecular flexibility index (Phi) is 5.24. The predicted molar refractivity (Wildman–Crippen MR) is 87.0 cm³/mol. The van der Waals surface area contributed by atoms with E-state index in [4.69, 9.17) is 17.3 Å². The summed E-state index contributed by atoms with van der Waals surface area (Å²) in [7, 11) is 1.93. The highest BCUT2D eigenvalue weighted by Crippen LogP contribution is 2.24. The first-order valence-corrected chi connectivity index (χ1v) is 7.80. The first-order chi connectivity index (χ1) is 9.51. The van der Waals surface area contributed by atoms with E-state index in [9.17, 15) is 0 Å². The van der Waals surface area contributed by atoms with E-state index >= 15 is 0 Å². The van der Waals surface area contributed by atoms with Crippen molar-refractivity contribution in [3.8, 4) is 0 Å². The normalized spacial score (nSPS) is 12.7. The lowest BCUT2D eigenvalue weighted by Crippen LogP contribution is -2.20. The first kappa shape index (κ1) is 15.5. The van der Waals surface area contributed by atoms with Gasteiger partial charge >= 0.3 is 0 Å². The average molecular weight is 357 g/mol. The highest BCUT2D eigenvalue weighted by molar-refractivity contribution is 9.10. The van der Waals surface area contributed by atoms with Gasteiger partial charge < -0.3 is 5.73 Å². The molecule has 0 radical (unpaired) electrons. The molecule has 20 heavy (non-hydrogen) atoms. The van der Waals surface area contributed by atoms with Crippen molar-refractivity contribution in [2.24, 2.45) is 18.7 Å². The van der Waals surface area contributed by atoms with Crippen LogP contribution in [0.5, 0.6) is 0 Å². The van der Waals surface area contributed by atoms with Crippen LogP contribution in [0, 0.1) is 12.8 Å². The summed E-state index contributed by atoms with van der Waals surface area (Å²) in [6.45, 7) is 2.56. The van der Waals surface area contributed by atoms with Gasteiger partial charge in [-0.3, -0.25) is 4.68 Å². The van der Waals surface area contributed by atoms with E-state index in [0.29, 0.717) is 12.5 Å². The van der Waals surface area contributed by atoms with Crippen LogP contribution in [0.3, 0.4) is 0 Å². The molecule has 0 fully saturated rings. The second-order valence-corrected chi connectivity index (χ2v) is 6.40. The number of hydrogen-bond acceptors (Lipinski definition) is 2. The maximum absolute atomic E-state index is 6.31. The van der Waals surface area contributed by atoms with E-state index in [0.717, 1.165) is 33.7 Å². The molecular formula is C15H19BrClN3. The second kappa shape index (κ2) is 6.74. The minimum absolute atomic E-state index is 0.358. The van der Waals surface area contributed by atoms with Crippen LogP contribution in [0.15, 0.2) is 28.7 Å². The number of aryl methyl sites for hydroxylation is 2. The first-order valence-electron chi connectivity index (χ1n) is 6.63. The SMILES string of the molecule is Cc1nn(C)c(CC(CN)Cc2cccc(Br)c2)c1Cl. The Morgan fingerprint density at radius 2 is 2.15 bits per heavy atom. The molecule has 0 saturated heterocycles. The predicted octanol–water partition coefficient (Wildman–Crippen LogP) is 3.50. The van der Waals surface area contributed by atoms with Crippen LogP contribution < -0.4 is 5.73 Å². The zero-order chi connectivity index (χ0) is 14.7. The van der Waals surface area contributed by atoms with Crippen molar-refractivity contribution in [1.29, 1.82) is 0 Å². The van der Waals surface area contributed by atoms with Gasteiger partial charge in [0.15, 0.2) is 0 Å². The zero-order valence-electron chi connectivity index (χ0n) is 11.7. The smallest absolute Gasteiger partial charge is 0.0847 e. The van der Waals surface area contributed by atoms with E-state index in [-0.39, 0.29) is 0 Å². The lowest BCUT2D eigenvalue weighted by molar-refractivity contribution is 0.511. The lowest BCUT2D eigenvalue weighted by atomic mass is 9.94. The molecule has 0 spiro atoms. The summed E-state index contributed by atoms with van der Waals surface area (Å²) in [5.74, 6) is 0.358. The van der Waals surface area contributed by atoms with Crippen molar-refractivity contribution in [3.63, 3.8) is 0 Å². The number of hydrogen-bond donors (Lipinski definition) is 1. The van der Waals surface area contributed by atoms with E-state index in [2.05, 4.69) is 33.2 Å². The lowest BCUT2D eigenvalue weighted by Gasteiger charge is -2.15. The molecule has 5 heteroatoms. The molecule has 2 rings (SSSR count). The van der Waals surface area contributed by atoms with Crippen molar-refractivity contribution >= 4 is 27.5 Å². The fourth-order valence-corrected chi connectivity index (χ4v) is 3.10. The van der Waals surface area contributed by atoms with E-state index in [1.54, 1.807) is 0 Å². The average Bonchev–Trinajstić information content (AvgIpc) is 2.64. The van der Waals surface area contributed by atoms with Gasteiger partial charge in [0, 0.05) is 11.5 Å². The molecule has 1 unspecified atom stereocenters. The third-order valence-corrected chi connectivity index (χ3v) is 4.48. The molecule has 108 valence electrons. The molecule has 0 aliphatic carbocycles. The molecule has 0 aliphatic heterocycles. The van der Waals surface area contributed by atoms with Crippen molar-refractivity contribution in [1.82, 2.24) is 9.78 Å². The zero-order valence-corrected chi connectivity index (χ0v) is 14.1. The summed E-state index contributed by atoms with van der Waals surface area (Å²) in [5, 5.41) is 5.12. The van der Waals surface area contributed by atoms with E-state index in [1.807, 2.05) is 30.8 Å². The van der Waals surface area contributed by atoms with Gasteiger partial charge in [0.25, 0.3) is 0 Å². The highest BCUT2D eigenvalue weighted by Gasteiger charge is 2.16. The standard InChI is InChI=1S/C15H19BrClN3/c1-10-15(17)14(20(2)19-10)8-12(9-18)6-11-4-3-5-13(16)7-11/h3-5,7,12H,6,8-9,18H2,1-2H3. The maximum Gasteiger partial charge on any atom is 0.0847 e. The molecule has 1 aromatic heterocycles. The summed E-state index contributed by atoms with van der Waals surface area (Å²) in [5.41, 5.74) is 9.15. The molecule has 0 saturated carbocycles. The molecule has 1 atom stereocenters. The van der Waals surface area contributed by atoms with E-state index < -0.39 is 0 Å². The van der Waals surface area contributed by atoms with Gasteiger partial charge in [-0.25, -0.2) is 0 Å². The Balaban J connectivity index is 2.13. The Labute approximate surface area is 133 Å². The van der Waals surface area contributed by atoms with Crippen molar-refractivity contribution in [2.75, 3.05) is 6.54 Å². The second-order valence-electron chi connectivity index (χ2n) is 5.11. The summed E-state index contributed by atoms with van der Waals surface area (Å²) >= 11 is 9.81. The third kappa shape index (κ3) is 3.62. The van der Waals surface area contributed by atoms with Crippen LogP contribution in [0.25, 0.3) is 0 Å². The maximum atomic E-state index is 6.31. The van der Waals surface area contributed by atoms with Crippen molar-refractivity contribution in [3.05, 3.63) is 50.7 Å². The van der Waals surface area contributed by atoms with Gasteiger partial charge in [0.1, 0.15) is 0 Å². The van der Waals surface area contributed by atoms with Crippen molar-refractivity contribution < 1.29 is 0 Å². The van der Waals surface area contributed by atoms with Gasteiger partial charge in [-0.15, -0.1) is 0 Å². The molecule has 3 nitrogen and oxygen atoms in total. The molecule has 0 aliphatic rings. The third-order valence-electron chi connectivity index (χ3n) is 3.49. The van der Waals surface area contributed by atoms with Crippen LogP contribution in [0.4, 0.5) is 0 Å². The monoisotopic (exact) mass is 355 g/mol. The molecule has 2 aromatic rings. The molecule has 1 aromatic carbocycles. The van der Waals surface area contributed by atoms with Crippen LogP contribution in [-0.4, -0.2) is 16.3 Å². The fourth-order valence-electron chi connectivity index (χ4n) is 2.41. The van der Waals surface area contributed by atoms with Gasteiger partial charge in [-0.1, -0.05) is 39.7 Å². The van der Waals surface area contributed by atoms with Gasteiger partial charge in [0.05, 0.1) is 16.4 Å². The molecule has 0 bridgehead atoms. The molecule has 2 N–H and O–H groups in total. The molecular weight excluding hydrogens is 338 g/mol. The number of benzene rings is 1. The topological polar surface area (TPSA) is 43.8 Å². The Bertz CT molecular complexity index is 595. The van der Waals surface area contributed by atoms with Crippen LogP contribution in [0.2, 0.25) is 5.02 Å². The molecule has 1 heterocycles. The van der Waals surface area contributed by atoms with E-state index in [1.165, 1.54) is 5.56 Å². The van der Waals surface area contributed by atoms with Crippen molar-refractivity contribution in [2.45, 2.75) is 19.8 Å². The fraction of sp³-hybridized carbons (Fsp3) is 0.400. The highest BCUT2D eigenvalue weighted by atomic mass is 79.9. The van der Waals surface area contributed by atoms with Crippen LogP contribution in [-0.2, 0) is 19.9 Å². The van der Waals surface area contributed by atoms with Crippen LogP contribution in [0.1, 0.15) is 17.0 Å². The summed E-state index contributed by atoms with van der Waals surface area (Å²) in [4.78, 5) is 0. The van der Waals surface area contributed by atoms with Gasteiger partial charge in [0.2, 0.25) is 0 Å². The number of halogens is 2. The quantitative estimate of drug-likeness (QED) is 0.891. The number of nitrogens with two attached hydrogens (primary N) is 1. The Morgan fingerprint density at radius 1 is 1.40 bits per heavy atom. The molecule has 0 amide bonds. The summed E-state index contributed by atoms with van der Waals surface area (Å²) in [6, 6.07) is 8.35. The summed E-state index contributed by atoms with van der Waals surface area (Å²) in [6.07, 6.45) is 1.79. The van der Waals surface area contributed by atoms with Crippen LogP contribution >= 0.6 is 27.5 Å². The summed E-state index contributed by atoms with van der Waals surface area (Å²) < 4.78 is 2.96. The number of rotatable bonds is 5. The minimum Gasteiger partial charge on any atom is -0.330 e. The van der Waals surface area contributed by atoms with Gasteiger partial charge in [-0.2, -0.15) is 5.10 Å². The van der Waals surface area contributed by atoms with Gasteiger partial charge in [-0.05, 0) is 49.9 Å². The minimum atomic E-state index is 0.358. The number of aromatic nitrogens is 2. The largest absolute Gasteiger partial charge is 0.330 e. The Morgan fingerprint density at radius 3 is 2.70 bits per heavy atom. The number of nitrogens with zero attached hydrogens (tertiary/aromatic N) is 2. The Hall–Kier alpha value is -0.840.